The third-order valence-electron chi connectivity index (χ3n) is 4.67. The van der Waals surface area contributed by atoms with Crippen molar-refractivity contribution in [3.8, 4) is 0 Å². The number of carbonyl (C=O) groups is 2. The molecule has 1 aromatic carbocycles. The summed E-state index contributed by atoms with van der Waals surface area (Å²) in [6, 6.07) is 11.3. The number of aryl methyl sites for hydroxylation is 1. The molecule has 3 rings (SSSR count). The zero-order valence-corrected chi connectivity index (χ0v) is 14.5. The molecule has 0 unspecified atom stereocenters. The predicted molar refractivity (Wildman–Crippen MR) is 94.9 cm³/mol. The van der Waals surface area contributed by atoms with Crippen molar-refractivity contribution in [3.05, 3.63) is 53.3 Å². The molecule has 6 nitrogen and oxygen atoms in total. The highest BCUT2D eigenvalue weighted by Gasteiger charge is 2.27. The molecule has 0 aliphatic carbocycles. The van der Waals surface area contributed by atoms with Crippen LogP contribution in [0.2, 0.25) is 0 Å². The molecule has 0 spiro atoms. The Bertz CT molecular complexity index is 718. The van der Waals surface area contributed by atoms with Gasteiger partial charge in [-0.25, -0.2) is 0 Å². The highest BCUT2D eigenvalue weighted by molar-refractivity contribution is 5.94. The fourth-order valence-corrected chi connectivity index (χ4v) is 3.12. The number of hydrogen-bond donors (Lipinski definition) is 2. The Labute approximate surface area is 147 Å². The third-order valence-corrected chi connectivity index (χ3v) is 4.67. The molecule has 1 aliphatic rings. The van der Waals surface area contributed by atoms with Crippen molar-refractivity contribution in [2.45, 2.75) is 32.7 Å². The quantitative estimate of drug-likeness (QED) is 0.875. The van der Waals surface area contributed by atoms with E-state index in [1.54, 1.807) is 0 Å². The first-order chi connectivity index (χ1) is 12.2. The van der Waals surface area contributed by atoms with Gasteiger partial charge >= 0.3 is 0 Å². The van der Waals surface area contributed by atoms with Crippen molar-refractivity contribution in [2.75, 3.05) is 13.1 Å². The van der Waals surface area contributed by atoms with E-state index in [-0.39, 0.29) is 17.7 Å². The number of aromatic nitrogens is 2. The smallest absolute Gasteiger partial charge is 0.253 e. The molecule has 0 bridgehead atoms. The van der Waals surface area contributed by atoms with Gasteiger partial charge in [0, 0.05) is 24.6 Å². The van der Waals surface area contributed by atoms with E-state index < -0.39 is 0 Å². The molecule has 1 aromatic heterocycles. The summed E-state index contributed by atoms with van der Waals surface area (Å²) in [5.41, 5.74) is 2.62. The second kappa shape index (κ2) is 7.96. The molecule has 1 fully saturated rings. The van der Waals surface area contributed by atoms with Gasteiger partial charge < -0.3 is 10.2 Å². The lowest BCUT2D eigenvalue weighted by atomic mass is 9.95. The van der Waals surface area contributed by atoms with Gasteiger partial charge in [-0.3, -0.25) is 14.7 Å². The molecule has 2 amide bonds. The van der Waals surface area contributed by atoms with E-state index in [2.05, 4.69) is 15.5 Å². The molecule has 132 valence electrons. The molecule has 0 atom stereocenters. The second-order valence-electron chi connectivity index (χ2n) is 6.39. The molecule has 1 aliphatic heterocycles. The van der Waals surface area contributed by atoms with Crippen molar-refractivity contribution in [1.82, 2.24) is 20.4 Å². The predicted octanol–water partition coefficient (Wildman–Crippen LogP) is 2.14. The zero-order chi connectivity index (χ0) is 17.6. The van der Waals surface area contributed by atoms with E-state index in [4.69, 9.17) is 0 Å². The summed E-state index contributed by atoms with van der Waals surface area (Å²) < 4.78 is 0. The minimum atomic E-state index is -0.0339. The van der Waals surface area contributed by atoms with E-state index in [0.717, 1.165) is 17.8 Å². The van der Waals surface area contributed by atoms with Crippen molar-refractivity contribution >= 4 is 11.8 Å². The lowest BCUT2D eigenvalue weighted by Crippen LogP contribution is -2.42. The first-order valence-electron chi connectivity index (χ1n) is 8.82. The summed E-state index contributed by atoms with van der Waals surface area (Å²) in [6.07, 6.45) is 2.28. The van der Waals surface area contributed by atoms with Crippen LogP contribution < -0.4 is 5.32 Å². The minimum absolute atomic E-state index is 0.0339. The molecular formula is C19H24N4O2. The Balaban J connectivity index is 1.46. The van der Waals surface area contributed by atoms with Gasteiger partial charge in [0.1, 0.15) is 0 Å². The van der Waals surface area contributed by atoms with Crippen LogP contribution >= 0.6 is 0 Å². The molecule has 1 saturated heterocycles. The van der Waals surface area contributed by atoms with Crippen molar-refractivity contribution < 1.29 is 9.59 Å². The summed E-state index contributed by atoms with van der Waals surface area (Å²) in [4.78, 5) is 26.6. The van der Waals surface area contributed by atoms with Crippen molar-refractivity contribution in [2.24, 2.45) is 5.92 Å². The Morgan fingerprint density at radius 2 is 1.96 bits per heavy atom. The minimum Gasteiger partial charge on any atom is -0.350 e. The van der Waals surface area contributed by atoms with Crippen LogP contribution in [0, 0.1) is 5.92 Å². The number of H-pyrrole nitrogens is 1. The van der Waals surface area contributed by atoms with Crippen LogP contribution in [-0.4, -0.2) is 40.0 Å². The molecule has 0 radical (unpaired) electrons. The molecule has 0 saturated carbocycles. The lowest BCUT2D eigenvalue weighted by Gasteiger charge is -2.31. The van der Waals surface area contributed by atoms with Crippen LogP contribution in [-0.2, 0) is 17.8 Å². The number of amides is 2. The molecule has 2 N–H and O–H groups in total. The number of nitrogens with zero attached hydrogens (tertiary/aromatic N) is 2. The zero-order valence-electron chi connectivity index (χ0n) is 14.5. The summed E-state index contributed by atoms with van der Waals surface area (Å²) in [6.45, 7) is 3.75. The number of nitrogens with one attached hydrogen (secondary N) is 2. The van der Waals surface area contributed by atoms with Gasteiger partial charge in [0.2, 0.25) is 5.91 Å². The van der Waals surface area contributed by atoms with E-state index >= 15 is 0 Å². The maximum atomic E-state index is 12.4. The standard InChI is InChI=1S/C19H24N4O2/c1-2-16-12-17(22-21-16)13-20-18(24)14-8-10-23(11-9-14)19(25)15-6-4-3-5-7-15/h3-7,12,14H,2,8-11,13H2,1H3,(H,20,24)(H,21,22). The molecule has 25 heavy (non-hydrogen) atoms. The molecular weight excluding hydrogens is 316 g/mol. The largest absolute Gasteiger partial charge is 0.350 e. The average Bonchev–Trinajstić information content (AvgIpc) is 3.14. The maximum absolute atomic E-state index is 12.4. The van der Waals surface area contributed by atoms with Gasteiger partial charge in [-0.05, 0) is 37.5 Å². The van der Waals surface area contributed by atoms with Crippen molar-refractivity contribution in [3.63, 3.8) is 0 Å². The van der Waals surface area contributed by atoms with Gasteiger partial charge in [0.25, 0.3) is 5.91 Å². The van der Waals surface area contributed by atoms with Crippen LogP contribution in [0.3, 0.4) is 0 Å². The van der Waals surface area contributed by atoms with Crippen LogP contribution in [0.15, 0.2) is 36.4 Å². The van der Waals surface area contributed by atoms with Crippen LogP contribution in [0.5, 0.6) is 0 Å². The molecule has 6 heteroatoms. The monoisotopic (exact) mass is 340 g/mol. The average molecular weight is 340 g/mol. The fourth-order valence-electron chi connectivity index (χ4n) is 3.12. The van der Waals surface area contributed by atoms with Gasteiger partial charge in [0.15, 0.2) is 0 Å². The van der Waals surface area contributed by atoms with Crippen LogP contribution in [0.1, 0.15) is 41.5 Å². The number of benzene rings is 1. The summed E-state index contributed by atoms with van der Waals surface area (Å²) in [5, 5.41) is 10.1. The van der Waals surface area contributed by atoms with Gasteiger partial charge in [-0.2, -0.15) is 5.10 Å². The first kappa shape index (κ1) is 17.2. The summed E-state index contributed by atoms with van der Waals surface area (Å²) in [7, 11) is 0. The summed E-state index contributed by atoms with van der Waals surface area (Å²) in [5.74, 6) is 0.0665. The molecule has 2 aromatic rings. The lowest BCUT2D eigenvalue weighted by molar-refractivity contribution is -0.126. The van der Waals surface area contributed by atoms with Crippen LogP contribution in [0.25, 0.3) is 0 Å². The van der Waals surface area contributed by atoms with Gasteiger partial charge in [0.05, 0.1) is 17.9 Å². The Kier molecular flexibility index (Phi) is 5.48. The van der Waals surface area contributed by atoms with E-state index in [1.807, 2.05) is 48.2 Å². The summed E-state index contributed by atoms with van der Waals surface area (Å²) >= 11 is 0. The molecule has 2 heterocycles. The van der Waals surface area contributed by atoms with Crippen LogP contribution in [0.4, 0.5) is 0 Å². The number of hydrogen-bond acceptors (Lipinski definition) is 3. The second-order valence-corrected chi connectivity index (χ2v) is 6.39. The third kappa shape index (κ3) is 4.26. The van der Waals surface area contributed by atoms with E-state index in [9.17, 15) is 9.59 Å². The highest BCUT2D eigenvalue weighted by atomic mass is 16.2. The SMILES string of the molecule is CCc1cc(CNC(=O)C2CCN(C(=O)c3ccccc3)CC2)[nH]n1. The number of aromatic amines is 1. The van der Waals surface area contributed by atoms with E-state index in [1.165, 1.54) is 0 Å². The number of piperidine rings is 1. The number of likely N-dealkylation sites (tertiary alicyclic amines) is 1. The maximum Gasteiger partial charge on any atom is 0.253 e. The van der Waals surface area contributed by atoms with E-state index in [0.29, 0.717) is 38.0 Å². The normalized spacial score (nSPS) is 15.2. The Morgan fingerprint density at radius 3 is 2.60 bits per heavy atom. The first-order valence-corrected chi connectivity index (χ1v) is 8.82. The van der Waals surface area contributed by atoms with Crippen molar-refractivity contribution in [1.29, 1.82) is 0 Å². The highest BCUT2D eigenvalue weighted by Crippen LogP contribution is 2.19. The van der Waals surface area contributed by atoms with Gasteiger partial charge in [-0.15, -0.1) is 0 Å². The fraction of sp³-hybridized carbons (Fsp3) is 0.421. The number of carbonyl (C=O) groups excluding carboxylic acids is 2. The number of rotatable bonds is 5. The van der Waals surface area contributed by atoms with Gasteiger partial charge in [-0.1, -0.05) is 25.1 Å². The Hall–Kier alpha value is -2.63. The topological polar surface area (TPSA) is 78.1 Å². The Morgan fingerprint density at radius 1 is 1.24 bits per heavy atom.